The first-order valence-electron chi connectivity index (χ1n) is 8.09. The Kier molecular flexibility index (Phi) is 7.32. The maximum absolute atomic E-state index is 12.9. The van der Waals surface area contributed by atoms with E-state index in [2.05, 4.69) is 10.2 Å². The Hall–Kier alpha value is -2.19. The van der Waals surface area contributed by atoms with Crippen LogP contribution in [0.3, 0.4) is 0 Å². The SMILES string of the molecule is O=S(=O)(O)c1ccc2c(N=Nc3cc(C(F)(F)F)cc(C(F)(F)F)c3)c([O-])ccc2c1.[Na+]. The predicted octanol–water partition coefficient (Wildman–Crippen LogP) is 2.62. The summed E-state index contributed by atoms with van der Waals surface area (Å²) in [4.78, 5) is -0.491. The molecular weight excluding hydrogens is 477 g/mol. The molecule has 164 valence electrons. The van der Waals surface area contributed by atoms with Gasteiger partial charge in [-0.1, -0.05) is 23.9 Å². The second-order valence-corrected chi connectivity index (χ2v) is 7.66. The zero-order valence-electron chi connectivity index (χ0n) is 15.9. The van der Waals surface area contributed by atoms with Gasteiger partial charge in [0.15, 0.2) is 0 Å². The molecule has 1 N–H and O–H groups in total. The van der Waals surface area contributed by atoms with Gasteiger partial charge in [-0.25, -0.2) is 0 Å². The minimum atomic E-state index is -5.08. The molecule has 0 aliphatic carbocycles. The van der Waals surface area contributed by atoms with E-state index in [1.807, 2.05) is 0 Å². The summed E-state index contributed by atoms with van der Waals surface area (Å²) in [6.07, 6.45) is -10.2. The maximum atomic E-state index is 12.9. The number of alkyl halides is 6. The predicted molar refractivity (Wildman–Crippen MR) is 93.8 cm³/mol. The van der Waals surface area contributed by atoms with Crippen LogP contribution in [0.5, 0.6) is 5.75 Å². The van der Waals surface area contributed by atoms with Gasteiger partial charge in [-0.05, 0) is 35.7 Å². The average molecular weight is 486 g/mol. The zero-order valence-corrected chi connectivity index (χ0v) is 18.7. The molecule has 0 fully saturated rings. The number of hydrogen-bond donors (Lipinski definition) is 1. The number of nitrogens with zero attached hydrogens (tertiary/aromatic N) is 2. The second kappa shape index (κ2) is 8.98. The number of fused-ring (bicyclic) bond motifs is 1. The average Bonchev–Trinajstić information content (AvgIpc) is 2.64. The normalized spacial score (nSPS) is 12.8. The van der Waals surface area contributed by atoms with Gasteiger partial charge >= 0.3 is 41.9 Å². The smallest absolute Gasteiger partial charge is 0.871 e. The molecule has 0 spiro atoms. The first-order chi connectivity index (χ1) is 14.2. The Bertz CT molecular complexity index is 1280. The van der Waals surface area contributed by atoms with Crippen LogP contribution in [-0.4, -0.2) is 13.0 Å². The molecule has 0 unspecified atom stereocenters. The van der Waals surface area contributed by atoms with Crippen LogP contribution in [0.15, 0.2) is 63.7 Å². The fourth-order valence-corrected chi connectivity index (χ4v) is 3.15. The van der Waals surface area contributed by atoms with Gasteiger partial charge in [0.05, 0.1) is 27.4 Å². The van der Waals surface area contributed by atoms with Crippen molar-refractivity contribution >= 4 is 32.3 Å². The van der Waals surface area contributed by atoms with Crippen molar-refractivity contribution in [1.29, 1.82) is 0 Å². The molecule has 0 heterocycles. The summed E-state index contributed by atoms with van der Waals surface area (Å²) in [5, 5.41) is 19.1. The quantitative estimate of drug-likeness (QED) is 0.266. The van der Waals surface area contributed by atoms with E-state index in [0.29, 0.717) is 12.1 Å². The fourth-order valence-electron chi connectivity index (χ4n) is 2.64. The first-order valence-corrected chi connectivity index (χ1v) is 9.53. The minimum absolute atomic E-state index is 0. The van der Waals surface area contributed by atoms with Gasteiger partial charge in [-0.2, -0.15) is 45.0 Å². The van der Waals surface area contributed by atoms with Crippen LogP contribution in [0, 0.1) is 0 Å². The van der Waals surface area contributed by atoms with Crippen LogP contribution in [0.4, 0.5) is 37.7 Å². The fraction of sp³-hybridized carbons (Fsp3) is 0.111. The minimum Gasteiger partial charge on any atom is -0.871 e. The first kappa shape index (κ1) is 26.1. The molecule has 0 saturated heterocycles. The van der Waals surface area contributed by atoms with Crippen molar-refractivity contribution in [3.63, 3.8) is 0 Å². The van der Waals surface area contributed by atoms with Crippen molar-refractivity contribution in [2.24, 2.45) is 10.2 Å². The van der Waals surface area contributed by atoms with Crippen LogP contribution < -0.4 is 34.7 Å². The Morgan fingerprint density at radius 2 is 1.38 bits per heavy atom. The van der Waals surface area contributed by atoms with Gasteiger partial charge in [0.1, 0.15) is 0 Å². The third-order valence-corrected chi connectivity index (χ3v) is 4.91. The van der Waals surface area contributed by atoms with Crippen molar-refractivity contribution in [3.05, 3.63) is 59.7 Å². The standard InChI is InChI=1S/C18H10F6N2O4S.Na/c19-17(20,21)10-6-11(18(22,23)24)8-12(7-10)25-26-16-14-3-2-13(31(28,29)30)5-9(14)1-4-15(16)27;/h1-8,27H,(H,28,29,30);/q;+1/p-1. The molecule has 0 atom stereocenters. The van der Waals surface area contributed by atoms with Crippen LogP contribution in [0.25, 0.3) is 10.8 Å². The maximum Gasteiger partial charge on any atom is 1.00 e. The van der Waals surface area contributed by atoms with Crippen molar-refractivity contribution in [3.8, 4) is 5.75 Å². The Balaban J connectivity index is 0.00000363. The third-order valence-electron chi connectivity index (χ3n) is 4.06. The summed E-state index contributed by atoms with van der Waals surface area (Å²) in [6.45, 7) is 0. The molecule has 3 rings (SSSR count). The molecule has 6 nitrogen and oxygen atoms in total. The van der Waals surface area contributed by atoms with Gasteiger partial charge in [-0.15, -0.1) is 0 Å². The number of azo groups is 1. The molecular formula is C18H9F6N2NaO4S. The van der Waals surface area contributed by atoms with E-state index in [4.69, 9.17) is 4.55 Å². The molecule has 14 heteroatoms. The van der Waals surface area contributed by atoms with Crippen LogP contribution >= 0.6 is 0 Å². The van der Waals surface area contributed by atoms with Crippen molar-refractivity contribution < 1.29 is 74.0 Å². The molecule has 3 aromatic rings. The van der Waals surface area contributed by atoms with E-state index in [9.17, 15) is 39.9 Å². The second-order valence-electron chi connectivity index (χ2n) is 6.23. The Labute approximate surface area is 198 Å². The summed E-state index contributed by atoms with van der Waals surface area (Å²) >= 11 is 0. The van der Waals surface area contributed by atoms with Gasteiger partial charge in [0.2, 0.25) is 0 Å². The van der Waals surface area contributed by atoms with E-state index in [1.54, 1.807) is 0 Å². The molecule has 0 amide bonds. The van der Waals surface area contributed by atoms with Crippen molar-refractivity contribution in [2.75, 3.05) is 0 Å². The summed E-state index contributed by atoms with van der Waals surface area (Å²) in [6, 6.07) is 5.82. The summed E-state index contributed by atoms with van der Waals surface area (Å²) < 4.78 is 109. The summed E-state index contributed by atoms with van der Waals surface area (Å²) in [5.41, 5.74) is -4.44. The van der Waals surface area contributed by atoms with E-state index in [0.717, 1.165) is 24.3 Å². The third kappa shape index (κ3) is 5.78. The van der Waals surface area contributed by atoms with E-state index < -0.39 is 55.6 Å². The molecule has 0 bridgehead atoms. The van der Waals surface area contributed by atoms with Crippen LogP contribution in [0.2, 0.25) is 0 Å². The number of benzene rings is 3. The number of rotatable bonds is 3. The van der Waals surface area contributed by atoms with Gasteiger partial charge in [0.25, 0.3) is 10.1 Å². The number of halogens is 6. The molecule has 3 aromatic carbocycles. The van der Waals surface area contributed by atoms with Gasteiger partial charge in [-0.3, -0.25) is 4.55 Å². The molecule has 0 aromatic heterocycles. The van der Waals surface area contributed by atoms with Crippen molar-refractivity contribution in [2.45, 2.75) is 17.2 Å². The van der Waals surface area contributed by atoms with Gasteiger partial charge in [0, 0.05) is 5.39 Å². The van der Waals surface area contributed by atoms with Crippen molar-refractivity contribution in [1.82, 2.24) is 0 Å². The molecule has 0 saturated carbocycles. The monoisotopic (exact) mass is 486 g/mol. The molecule has 0 aliphatic heterocycles. The topological polar surface area (TPSA) is 102 Å². The van der Waals surface area contributed by atoms with E-state index in [1.165, 1.54) is 6.07 Å². The Morgan fingerprint density at radius 3 is 1.88 bits per heavy atom. The summed E-state index contributed by atoms with van der Waals surface area (Å²) in [7, 11) is -4.56. The van der Waals surface area contributed by atoms with E-state index in [-0.39, 0.29) is 46.4 Å². The van der Waals surface area contributed by atoms with Crippen LogP contribution in [-0.2, 0) is 22.5 Å². The number of hydrogen-bond acceptors (Lipinski definition) is 5. The molecule has 32 heavy (non-hydrogen) atoms. The van der Waals surface area contributed by atoms with Gasteiger partial charge < -0.3 is 5.11 Å². The Morgan fingerprint density at radius 1 is 0.812 bits per heavy atom. The zero-order chi connectivity index (χ0) is 23.2. The van der Waals surface area contributed by atoms with Crippen LogP contribution in [0.1, 0.15) is 11.1 Å². The molecule has 0 aliphatic rings. The largest absolute Gasteiger partial charge is 1.00 e. The van der Waals surface area contributed by atoms with E-state index >= 15 is 0 Å². The summed E-state index contributed by atoms with van der Waals surface area (Å²) in [5.74, 6) is -0.765. The molecule has 0 radical (unpaired) electrons.